The second kappa shape index (κ2) is 6.56. The van der Waals surface area contributed by atoms with Gasteiger partial charge >= 0.3 is 5.97 Å². The number of ether oxygens (including phenoxy) is 1. The van der Waals surface area contributed by atoms with Crippen molar-refractivity contribution >= 4 is 22.4 Å². The summed E-state index contributed by atoms with van der Waals surface area (Å²) in [5.74, 6) is -0.403. The van der Waals surface area contributed by atoms with Gasteiger partial charge in [0, 0.05) is 13.2 Å². The van der Waals surface area contributed by atoms with Crippen LogP contribution in [0.3, 0.4) is 0 Å². The second-order valence-corrected chi connectivity index (χ2v) is 5.13. The predicted octanol–water partition coefficient (Wildman–Crippen LogP) is 2.23. The Labute approximate surface area is 105 Å². The molecule has 1 aromatic rings. The number of nitrogens with one attached hydrogen (secondary N) is 1. The Morgan fingerprint density at radius 1 is 1.59 bits per heavy atom. The average Bonchev–Trinajstić information content (AvgIpc) is 2.59. The molecular formula is C11H18N2O3S. The lowest BCUT2D eigenvalue weighted by atomic mass is 10.2. The van der Waals surface area contributed by atoms with E-state index in [-0.39, 0.29) is 4.88 Å². The molecular weight excluding hydrogens is 240 g/mol. The fourth-order valence-electron chi connectivity index (χ4n) is 1.22. The molecule has 0 aliphatic carbocycles. The van der Waals surface area contributed by atoms with E-state index in [4.69, 9.17) is 9.84 Å². The number of hydrogen-bond acceptors (Lipinski definition) is 5. The van der Waals surface area contributed by atoms with E-state index >= 15 is 0 Å². The molecule has 17 heavy (non-hydrogen) atoms. The first-order valence-corrected chi connectivity index (χ1v) is 6.34. The summed E-state index contributed by atoms with van der Waals surface area (Å²) in [7, 11) is 0. The molecule has 5 nitrogen and oxygen atoms in total. The molecule has 0 amide bonds. The van der Waals surface area contributed by atoms with Crippen LogP contribution in [0.25, 0.3) is 0 Å². The van der Waals surface area contributed by atoms with Gasteiger partial charge in [-0.05, 0) is 12.8 Å². The van der Waals surface area contributed by atoms with Gasteiger partial charge in [0.15, 0.2) is 5.13 Å². The van der Waals surface area contributed by atoms with Gasteiger partial charge in [-0.25, -0.2) is 9.78 Å². The van der Waals surface area contributed by atoms with Crippen molar-refractivity contribution in [3.63, 3.8) is 0 Å². The van der Waals surface area contributed by atoms with Crippen molar-refractivity contribution in [3.8, 4) is 0 Å². The number of carboxylic acids is 1. The SMILES string of the molecule is Cc1nc(NCCOCC(C)C)sc1C(=O)O. The van der Waals surface area contributed by atoms with E-state index in [1.165, 1.54) is 0 Å². The molecule has 0 bridgehead atoms. The number of aryl methyl sites for hydroxylation is 1. The zero-order chi connectivity index (χ0) is 12.8. The highest BCUT2D eigenvalue weighted by molar-refractivity contribution is 7.17. The highest BCUT2D eigenvalue weighted by Crippen LogP contribution is 2.21. The number of anilines is 1. The Balaban J connectivity index is 2.32. The molecule has 0 aliphatic rings. The van der Waals surface area contributed by atoms with Gasteiger partial charge in [0.2, 0.25) is 0 Å². The molecule has 0 aromatic carbocycles. The first kappa shape index (κ1) is 13.9. The van der Waals surface area contributed by atoms with Crippen LogP contribution >= 0.6 is 11.3 Å². The summed E-state index contributed by atoms with van der Waals surface area (Å²) >= 11 is 1.15. The summed E-state index contributed by atoms with van der Waals surface area (Å²) in [6.07, 6.45) is 0. The van der Waals surface area contributed by atoms with Crippen LogP contribution in [0.4, 0.5) is 5.13 Å². The number of rotatable bonds is 7. The van der Waals surface area contributed by atoms with Crippen molar-refractivity contribution < 1.29 is 14.6 Å². The summed E-state index contributed by atoms with van der Waals surface area (Å²) in [6, 6.07) is 0. The molecule has 0 atom stereocenters. The largest absolute Gasteiger partial charge is 0.477 e. The predicted molar refractivity (Wildman–Crippen MR) is 68.0 cm³/mol. The highest BCUT2D eigenvalue weighted by atomic mass is 32.1. The third-order valence-corrected chi connectivity index (χ3v) is 3.07. The van der Waals surface area contributed by atoms with E-state index in [0.29, 0.717) is 29.9 Å². The number of carboxylic acid groups (broad SMARTS) is 1. The molecule has 0 aliphatic heterocycles. The molecule has 1 rings (SSSR count). The maximum absolute atomic E-state index is 10.8. The molecule has 0 radical (unpaired) electrons. The number of thiazole rings is 1. The fourth-order valence-corrected chi connectivity index (χ4v) is 2.05. The maximum atomic E-state index is 10.8. The Morgan fingerprint density at radius 3 is 2.82 bits per heavy atom. The second-order valence-electron chi connectivity index (χ2n) is 4.13. The normalized spacial score (nSPS) is 10.8. The average molecular weight is 258 g/mol. The van der Waals surface area contributed by atoms with Crippen molar-refractivity contribution in [2.75, 3.05) is 25.1 Å². The molecule has 0 saturated heterocycles. The quantitative estimate of drug-likeness (QED) is 0.734. The number of carbonyl (C=O) groups is 1. The number of aromatic nitrogens is 1. The molecule has 1 aromatic heterocycles. The molecule has 6 heteroatoms. The van der Waals surface area contributed by atoms with Crippen LogP contribution in [-0.4, -0.2) is 35.8 Å². The Hall–Kier alpha value is -1.14. The minimum absolute atomic E-state index is 0.288. The van der Waals surface area contributed by atoms with Crippen LogP contribution in [0, 0.1) is 12.8 Å². The first-order chi connectivity index (χ1) is 8.00. The zero-order valence-corrected chi connectivity index (χ0v) is 11.1. The van der Waals surface area contributed by atoms with E-state index in [2.05, 4.69) is 24.1 Å². The highest BCUT2D eigenvalue weighted by Gasteiger charge is 2.13. The lowest BCUT2D eigenvalue weighted by Crippen LogP contribution is -2.11. The van der Waals surface area contributed by atoms with Gasteiger partial charge in [-0.1, -0.05) is 25.2 Å². The lowest BCUT2D eigenvalue weighted by molar-refractivity contribution is 0.0701. The fraction of sp³-hybridized carbons (Fsp3) is 0.636. The Morgan fingerprint density at radius 2 is 2.29 bits per heavy atom. The lowest BCUT2D eigenvalue weighted by Gasteiger charge is -2.06. The van der Waals surface area contributed by atoms with Crippen LogP contribution < -0.4 is 5.32 Å². The van der Waals surface area contributed by atoms with Gasteiger partial charge < -0.3 is 15.2 Å². The molecule has 0 spiro atoms. The van der Waals surface area contributed by atoms with Gasteiger partial charge in [0.1, 0.15) is 4.88 Å². The van der Waals surface area contributed by atoms with Gasteiger partial charge in [0.05, 0.1) is 12.3 Å². The van der Waals surface area contributed by atoms with Gasteiger partial charge in [0.25, 0.3) is 0 Å². The summed E-state index contributed by atoms with van der Waals surface area (Å²) in [6.45, 7) is 7.85. The van der Waals surface area contributed by atoms with E-state index in [9.17, 15) is 4.79 Å². The van der Waals surface area contributed by atoms with Crippen molar-refractivity contribution in [1.29, 1.82) is 0 Å². The maximum Gasteiger partial charge on any atom is 0.347 e. The van der Waals surface area contributed by atoms with Crippen LogP contribution in [0.5, 0.6) is 0 Å². The zero-order valence-electron chi connectivity index (χ0n) is 10.3. The van der Waals surface area contributed by atoms with Crippen molar-refractivity contribution in [3.05, 3.63) is 10.6 Å². The molecule has 2 N–H and O–H groups in total. The van der Waals surface area contributed by atoms with Gasteiger partial charge in [-0.15, -0.1) is 0 Å². The molecule has 0 fully saturated rings. The monoisotopic (exact) mass is 258 g/mol. The van der Waals surface area contributed by atoms with E-state index < -0.39 is 5.97 Å². The van der Waals surface area contributed by atoms with Crippen LogP contribution in [0.15, 0.2) is 0 Å². The summed E-state index contributed by atoms with van der Waals surface area (Å²) in [4.78, 5) is 15.2. The minimum atomic E-state index is -0.927. The van der Waals surface area contributed by atoms with E-state index in [1.54, 1.807) is 6.92 Å². The molecule has 96 valence electrons. The third-order valence-electron chi connectivity index (χ3n) is 1.96. The summed E-state index contributed by atoms with van der Waals surface area (Å²) in [5.41, 5.74) is 0.549. The van der Waals surface area contributed by atoms with Gasteiger partial charge in [-0.3, -0.25) is 0 Å². The van der Waals surface area contributed by atoms with E-state index in [0.717, 1.165) is 17.9 Å². The van der Waals surface area contributed by atoms with Crippen LogP contribution in [0.1, 0.15) is 29.2 Å². The topological polar surface area (TPSA) is 71.5 Å². The summed E-state index contributed by atoms with van der Waals surface area (Å²) in [5, 5.41) is 12.6. The molecule has 1 heterocycles. The molecule has 0 saturated carbocycles. The number of nitrogens with zero attached hydrogens (tertiary/aromatic N) is 1. The molecule has 0 unspecified atom stereocenters. The minimum Gasteiger partial charge on any atom is -0.477 e. The summed E-state index contributed by atoms with van der Waals surface area (Å²) < 4.78 is 5.40. The van der Waals surface area contributed by atoms with Crippen molar-refractivity contribution in [2.45, 2.75) is 20.8 Å². The third kappa shape index (κ3) is 4.70. The van der Waals surface area contributed by atoms with Crippen LogP contribution in [0.2, 0.25) is 0 Å². The van der Waals surface area contributed by atoms with Crippen molar-refractivity contribution in [1.82, 2.24) is 4.98 Å². The van der Waals surface area contributed by atoms with E-state index in [1.807, 2.05) is 0 Å². The Bertz CT molecular complexity index is 377. The van der Waals surface area contributed by atoms with Crippen molar-refractivity contribution in [2.24, 2.45) is 5.92 Å². The van der Waals surface area contributed by atoms with Gasteiger partial charge in [-0.2, -0.15) is 0 Å². The smallest absolute Gasteiger partial charge is 0.347 e. The Kier molecular flexibility index (Phi) is 5.37. The first-order valence-electron chi connectivity index (χ1n) is 5.53. The number of hydrogen-bond donors (Lipinski definition) is 2. The standard InChI is InChI=1S/C11H18N2O3S/c1-7(2)6-16-5-4-12-11-13-8(3)9(17-11)10(14)15/h7H,4-6H2,1-3H3,(H,12,13)(H,14,15). The van der Waals surface area contributed by atoms with Crippen LogP contribution in [-0.2, 0) is 4.74 Å². The number of aromatic carboxylic acids is 1.